The molecule has 2 N–H and O–H groups in total. The van der Waals surface area contributed by atoms with Crippen molar-refractivity contribution in [2.75, 3.05) is 0 Å². The molecular formula is C11H10ClN3O. The molecule has 0 saturated carbocycles. The molecule has 82 valence electrons. The zero-order chi connectivity index (χ0) is 11.4. The van der Waals surface area contributed by atoms with E-state index >= 15 is 0 Å². The normalized spacial score (nSPS) is 10.1. The Bertz CT molecular complexity index is 482. The molecule has 1 amide bonds. The first kappa shape index (κ1) is 10.7. The van der Waals surface area contributed by atoms with Crippen LogP contribution in [0.3, 0.4) is 0 Å². The van der Waals surface area contributed by atoms with E-state index in [-0.39, 0.29) is 5.91 Å². The van der Waals surface area contributed by atoms with Gasteiger partial charge in [0.25, 0.3) is 5.91 Å². The fraction of sp³-hybridized carbons (Fsp3) is 0.0909. The Morgan fingerprint density at radius 3 is 3.00 bits per heavy atom. The van der Waals surface area contributed by atoms with Crippen LogP contribution in [0.1, 0.15) is 16.1 Å². The average molecular weight is 236 g/mol. The summed E-state index contributed by atoms with van der Waals surface area (Å²) in [6, 6.07) is 6.84. The standard InChI is InChI=1S/C11H10ClN3O/c12-10-3-1-2-9(15-10)11(16)14-7-8-4-5-13-6-8/h1-6,13H,7H2,(H,14,16). The zero-order valence-corrected chi connectivity index (χ0v) is 9.16. The first-order valence-electron chi connectivity index (χ1n) is 4.78. The number of halogens is 1. The van der Waals surface area contributed by atoms with E-state index in [0.717, 1.165) is 5.56 Å². The fourth-order valence-electron chi connectivity index (χ4n) is 1.28. The summed E-state index contributed by atoms with van der Waals surface area (Å²) in [5.74, 6) is -0.233. The van der Waals surface area contributed by atoms with Crippen molar-refractivity contribution in [2.24, 2.45) is 0 Å². The number of hydrogen-bond acceptors (Lipinski definition) is 2. The Morgan fingerprint density at radius 2 is 2.31 bits per heavy atom. The van der Waals surface area contributed by atoms with Gasteiger partial charge < -0.3 is 10.3 Å². The van der Waals surface area contributed by atoms with E-state index < -0.39 is 0 Å². The molecule has 5 heteroatoms. The van der Waals surface area contributed by atoms with E-state index in [1.807, 2.05) is 12.3 Å². The minimum absolute atomic E-state index is 0.233. The highest BCUT2D eigenvalue weighted by Gasteiger charge is 2.06. The number of carbonyl (C=O) groups excluding carboxylic acids is 1. The molecule has 2 aromatic heterocycles. The van der Waals surface area contributed by atoms with Crippen LogP contribution < -0.4 is 5.32 Å². The van der Waals surface area contributed by atoms with Crippen molar-refractivity contribution in [2.45, 2.75) is 6.54 Å². The zero-order valence-electron chi connectivity index (χ0n) is 8.40. The number of hydrogen-bond donors (Lipinski definition) is 2. The van der Waals surface area contributed by atoms with Gasteiger partial charge >= 0.3 is 0 Å². The molecule has 0 atom stereocenters. The smallest absolute Gasteiger partial charge is 0.270 e. The van der Waals surface area contributed by atoms with Gasteiger partial charge in [0.05, 0.1) is 0 Å². The molecule has 2 aromatic rings. The summed E-state index contributed by atoms with van der Waals surface area (Å²) in [5, 5.41) is 3.06. The van der Waals surface area contributed by atoms with E-state index in [4.69, 9.17) is 11.6 Å². The van der Waals surface area contributed by atoms with Crippen molar-refractivity contribution in [3.05, 3.63) is 53.1 Å². The molecule has 2 rings (SSSR count). The summed E-state index contributed by atoms with van der Waals surface area (Å²) < 4.78 is 0. The number of rotatable bonds is 3. The predicted octanol–water partition coefficient (Wildman–Crippen LogP) is 1.99. The van der Waals surface area contributed by atoms with E-state index in [0.29, 0.717) is 17.4 Å². The van der Waals surface area contributed by atoms with Crippen molar-refractivity contribution < 1.29 is 4.79 Å². The van der Waals surface area contributed by atoms with Crippen LogP contribution >= 0.6 is 11.6 Å². The van der Waals surface area contributed by atoms with E-state index in [2.05, 4.69) is 15.3 Å². The maximum absolute atomic E-state index is 11.6. The van der Waals surface area contributed by atoms with Gasteiger partial charge in [-0.3, -0.25) is 4.79 Å². The largest absolute Gasteiger partial charge is 0.367 e. The monoisotopic (exact) mass is 235 g/mol. The highest BCUT2D eigenvalue weighted by Crippen LogP contribution is 2.05. The second-order valence-corrected chi connectivity index (χ2v) is 3.63. The van der Waals surface area contributed by atoms with E-state index in [1.54, 1.807) is 24.4 Å². The Balaban J connectivity index is 1.98. The average Bonchev–Trinajstić information content (AvgIpc) is 2.78. The summed E-state index contributed by atoms with van der Waals surface area (Å²) in [6.07, 6.45) is 3.63. The number of nitrogens with one attached hydrogen (secondary N) is 2. The van der Waals surface area contributed by atoms with Crippen molar-refractivity contribution in [3.63, 3.8) is 0 Å². The van der Waals surface area contributed by atoms with Crippen molar-refractivity contribution in [1.29, 1.82) is 0 Å². The van der Waals surface area contributed by atoms with Gasteiger partial charge in [-0.05, 0) is 23.8 Å². The van der Waals surface area contributed by atoms with Crippen LogP contribution in [0.5, 0.6) is 0 Å². The van der Waals surface area contributed by atoms with Gasteiger partial charge in [-0.2, -0.15) is 0 Å². The van der Waals surface area contributed by atoms with Gasteiger partial charge in [-0.1, -0.05) is 17.7 Å². The van der Waals surface area contributed by atoms with Crippen LogP contribution in [0.2, 0.25) is 5.15 Å². The van der Waals surface area contributed by atoms with Gasteiger partial charge in [0.15, 0.2) is 0 Å². The molecule has 0 aliphatic rings. The van der Waals surface area contributed by atoms with Crippen molar-refractivity contribution in [1.82, 2.24) is 15.3 Å². The van der Waals surface area contributed by atoms with Gasteiger partial charge in [0.1, 0.15) is 10.8 Å². The molecule has 0 saturated heterocycles. The number of H-pyrrole nitrogens is 1. The number of pyridine rings is 1. The summed E-state index contributed by atoms with van der Waals surface area (Å²) >= 11 is 5.69. The maximum Gasteiger partial charge on any atom is 0.270 e. The predicted molar refractivity (Wildman–Crippen MR) is 61.2 cm³/mol. The second kappa shape index (κ2) is 4.81. The third kappa shape index (κ3) is 2.61. The van der Waals surface area contributed by atoms with Crippen LogP contribution in [0, 0.1) is 0 Å². The molecule has 4 nitrogen and oxygen atoms in total. The number of aromatic nitrogens is 2. The maximum atomic E-state index is 11.6. The third-order valence-electron chi connectivity index (χ3n) is 2.06. The van der Waals surface area contributed by atoms with Crippen molar-refractivity contribution >= 4 is 17.5 Å². The number of nitrogens with zero attached hydrogens (tertiary/aromatic N) is 1. The van der Waals surface area contributed by atoms with Gasteiger partial charge in [-0.25, -0.2) is 4.98 Å². The van der Waals surface area contributed by atoms with Crippen LogP contribution in [0.25, 0.3) is 0 Å². The van der Waals surface area contributed by atoms with Crippen LogP contribution in [0.4, 0.5) is 0 Å². The third-order valence-corrected chi connectivity index (χ3v) is 2.27. The number of amides is 1. The first-order chi connectivity index (χ1) is 7.75. The van der Waals surface area contributed by atoms with Crippen LogP contribution in [0.15, 0.2) is 36.7 Å². The molecule has 2 heterocycles. The van der Waals surface area contributed by atoms with Crippen LogP contribution in [-0.4, -0.2) is 15.9 Å². The Hall–Kier alpha value is -1.81. The molecule has 0 radical (unpaired) electrons. The molecule has 16 heavy (non-hydrogen) atoms. The summed E-state index contributed by atoms with van der Waals surface area (Å²) in [6.45, 7) is 0.469. The Labute approximate surface area is 97.7 Å². The molecule has 0 bridgehead atoms. The van der Waals surface area contributed by atoms with E-state index in [1.165, 1.54) is 0 Å². The van der Waals surface area contributed by atoms with Gasteiger partial charge in [0, 0.05) is 18.9 Å². The quantitative estimate of drug-likeness (QED) is 0.800. The van der Waals surface area contributed by atoms with Crippen molar-refractivity contribution in [3.8, 4) is 0 Å². The highest BCUT2D eigenvalue weighted by molar-refractivity contribution is 6.29. The summed E-state index contributed by atoms with van der Waals surface area (Å²) in [7, 11) is 0. The Morgan fingerprint density at radius 1 is 1.44 bits per heavy atom. The van der Waals surface area contributed by atoms with Gasteiger partial charge in [-0.15, -0.1) is 0 Å². The first-order valence-corrected chi connectivity index (χ1v) is 5.16. The lowest BCUT2D eigenvalue weighted by Crippen LogP contribution is -2.23. The summed E-state index contributed by atoms with van der Waals surface area (Å²) in [5.41, 5.74) is 1.33. The lowest BCUT2D eigenvalue weighted by atomic mass is 10.3. The fourth-order valence-corrected chi connectivity index (χ4v) is 1.44. The topological polar surface area (TPSA) is 57.8 Å². The summed E-state index contributed by atoms with van der Waals surface area (Å²) in [4.78, 5) is 18.5. The van der Waals surface area contributed by atoms with E-state index in [9.17, 15) is 4.79 Å². The lowest BCUT2D eigenvalue weighted by molar-refractivity contribution is 0.0946. The molecule has 0 fully saturated rings. The molecule has 0 unspecified atom stereocenters. The number of aromatic amines is 1. The molecule has 0 aromatic carbocycles. The SMILES string of the molecule is O=C(NCc1cc[nH]c1)c1cccc(Cl)n1. The minimum Gasteiger partial charge on any atom is -0.367 e. The molecule has 0 aliphatic carbocycles. The molecular weight excluding hydrogens is 226 g/mol. The van der Waals surface area contributed by atoms with Crippen LogP contribution in [-0.2, 0) is 6.54 Å². The Kier molecular flexibility index (Phi) is 3.22. The second-order valence-electron chi connectivity index (χ2n) is 3.25. The van der Waals surface area contributed by atoms with Gasteiger partial charge in [0.2, 0.25) is 0 Å². The molecule has 0 aliphatic heterocycles. The highest BCUT2D eigenvalue weighted by atomic mass is 35.5. The lowest BCUT2D eigenvalue weighted by Gasteiger charge is -2.02. The number of carbonyl (C=O) groups is 1. The minimum atomic E-state index is -0.233. The molecule has 0 spiro atoms.